The largest absolute Gasteiger partial charge is 0.505 e. The van der Waals surface area contributed by atoms with Crippen LogP contribution in [0.2, 0.25) is 0 Å². The summed E-state index contributed by atoms with van der Waals surface area (Å²) in [4.78, 5) is 21.9. The summed E-state index contributed by atoms with van der Waals surface area (Å²) in [6.45, 7) is 0.172. The molecule has 9 nitrogen and oxygen atoms in total. The highest BCUT2D eigenvalue weighted by atomic mass is 16.7. The second-order valence-corrected chi connectivity index (χ2v) is 6.23. The number of aromatic hydroxyl groups is 2. The molecular weight excluding hydrogens is 354 g/mol. The van der Waals surface area contributed by atoms with Gasteiger partial charge in [0, 0.05) is 18.9 Å². The van der Waals surface area contributed by atoms with E-state index in [1.54, 1.807) is 18.2 Å². The number of phenols is 2. The maximum atomic E-state index is 12.9. The van der Waals surface area contributed by atoms with E-state index in [2.05, 4.69) is 9.97 Å². The maximum absolute atomic E-state index is 12.9. The standard InChI is InChI=1S/C18H13N3O6/c22-15-11-12(16(23)14-13(15)19-3-4-20-14)18(25)21(17(11)24)6-8-1-2-9-10(5-8)27-7-26-9/h1-5,17,22-24H,6-7H2. The highest BCUT2D eigenvalue weighted by Gasteiger charge is 2.42. The van der Waals surface area contributed by atoms with Crippen LogP contribution in [0.5, 0.6) is 23.0 Å². The molecule has 0 saturated carbocycles. The molecule has 0 bridgehead atoms. The maximum Gasteiger partial charge on any atom is 0.260 e. The topological polar surface area (TPSA) is 125 Å². The van der Waals surface area contributed by atoms with Crippen molar-refractivity contribution < 1.29 is 29.6 Å². The lowest BCUT2D eigenvalue weighted by Crippen LogP contribution is -2.27. The quantitative estimate of drug-likeness (QED) is 0.581. The number of hydrogen-bond donors (Lipinski definition) is 3. The number of aromatic nitrogens is 2. The van der Waals surface area contributed by atoms with Crippen LogP contribution in [-0.2, 0) is 6.54 Å². The predicted octanol–water partition coefficient (Wildman–Crippen LogP) is 1.42. The lowest BCUT2D eigenvalue weighted by molar-refractivity contribution is 0.0129. The van der Waals surface area contributed by atoms with E-state index in [0.29, 0.717) is 17.1 Å². The van der Waals surface area contributed by atoms with Gasteiger partial charge >= 0.3 is 0 Å². The van der Waals surface area contributed by atoms with E-state index >= 15 is 0 Å². The van der Waals surface area contributed by atoms with Crippen molar-refractivity contribution in [3.8, 4) is 23.0 Å². The molecule has 2 aromatic carbocycles. The van der Waals surface area contributed by atoms with Crippen molar-refractivity contribution in [2.24, 2.45) is 0 Å². The molecule has 2 aliphatic heterocycles. The molecule has 0 spiro atoms. The van der Waals surface area contributed by atoms with Crippen molar-refractivity contribution in [1.29, 1.82) is 0 Å². The van der Waals surface area contributed by atoms with Gasteiger partial charge in [0.15, 0.2) is 29.2 Å². The van der Waals surface area contributed by atoms with Gasteiger partial charge in [-0.3, -0.25) is 4.79 Å². The van der Waals surface area contributed by atoms with Gasteiger partial charge in [-0.1, -0.05) is 6.07 Å². The number of ether oxygens (including phenoxy) is 2. The number of aliphatic hydroxyl groups excluding tert-OH is 1. The first-order valence-corrected chi connectivity index (χ1v) is 8.12. The summed E-state index contributed by atoms with van der Waals surface area (Å²) in [5, 5.41) is 31.7. The molecule has 5 rings (SSSR count). The van der Waals surface area contributed by atoms with Gasteiger partial charge < -0.3 is 29.7 Å². The molecule has 0 saturated heterocycles. The molecule has 3 N–H and O–H groups in total. The van der Waals surface area contributed by atoms with Crippen molar-refractivity contribution in [1.82, 2.24) is 14.9 Å². The second-order valence-electron chi connectivity index (χ2n) is 6.23. The van der Waals surface area contributed by atoms with Crippen LogP contribution >= 0.6 is 0 Å². The molecule has 27 heavy (non-hydrogen) atoms. The van der Waals surface area contributed by atoms with Gasteiger partial charge in [0.2, 0.25) is 6.79 Å². The minimum atomic E-state index is -1.43. The first kappa shape index (κ1) is 15.6. The molecule has 3 heterocycles. The molecule has 0 radical (unpaired) electrons. The number of carbonyl (C=O) groups excluding carboxylic acids is 1. The average molecular weight is 367 g/mol. The number of fused-ring (bicyclic) bond motifs is 3. The Kier molecular flexibility index (Phi) is 3.16. The third-order valence-electron chi connectivity index (χ3n) is 4.73. The zero-order valence-corrected chi connectivity index (χ0v) is 13.8. The Morgan fingerprint density at radius 1 is 1.07 bits per heavy atom. The molecule has 0 aliphatic carbocycles. The molecule has 1 amide bonds. The van der Waals surface area contributed by atoms with Gasteiger partial charge in [-0.25, -0.2) is 9.97 Å². The highest BCUT2D eigenvalue weighted by Crippen LogP contribution is 2.47. The van der Waals surface area contributed by atoms with Crippen molar-refractivity contribution >= 4 is 16.9 Å². The first-order valence-electron chi connectivity index (χ1n) is 8.12. The Morgan fingerprint density at radius 3 is 2.56 bits per heavy atom. The monoisotopic (exact) mass is 367 g/mol. The molecule has 0 fully saturated rings. The zero-order chi connectivity index (χ0) is 18.7. The van der Waals surface area contributed by atoms with Gasteiger partial charge in [-0.05, 0) is 17.7 Å². The summed E-state index contributed by atoms with van der Waals surface area (Å²) >= 11 is 0. The van der Waals surface area contributed by atoms with E-state index in [1.165, 1.54) is 12.4 Å². The summed E-state index contributed by atoms with van der Waals surface area (Å²) in [5.74, 6) is -0.247. The van der Waals surface area contributed by atoms with Crippen LogP contribution in [0.15, 0.2) is 30.6 Å². The molecule has 2 aliphatic rings. The molecule has 1 unspecified atom stereocenters. The Bertz CT molecular complexity index is 1120. The fourth-order valence-corrected chi connectivity index (χ4v) is 3.45. The van der Waals surface area contributed by atoms with Crippen molar-refractivity contribution in [2.75, 3.05) is 6.79 Å². The first-order chi connectivity index (χ1) is 13.1. The summed E-state index contributed by atoms with van der Waals surface area (Å²) in [5.41, 5.74) is 0.462. The Labute approximate surface area is 152 Å². The van der Waals surface area contributed by atoms with E-state index in [4.69, 9.17) is 9.47 Å². The third-order valence-corrected chi connectivity index (χ3v) is 4.73. The highest BCUT2D eigenvalue weighted by molar-refractivity contribution is 6.08. The zero-order valence-electron chi connectivity index (χ0n) is 13.8. The number of rotatable bonds is 2. The van der Waals surface area contributed by atoms with Crippen LogP contribution in [0.4, 0.5) is 0 Å². The van der Waals surface area contributed by atoms with Crippen molar-refractivity contribution in [3.63, 3.8) is 0 Å². The van der Waals surface area contributed by atoms with E-state index in [0.717, 1.165) is 4.90 Å². The van der Waals surface area contributed by atoms with Crippen LogP contribution in [0, 0.1) is 0 Å². The molecule has 1 atom stereocenters. The van der Waals surface area contributed by atoms with Crippen LogP contribution in [0.25, 0.3) is 11.0 Å². The number of nitrogens with zero attached hydrogens (tertiary/aromatic N) is 3. The SMILES string of the molecule is O=C1c2c(c(O)c3nccnc3c2O)C(O)N1Cc1ccc2c(c1)OCO2. The number of benzene rings is 2. The minimum Gasteiger partial charge on any atom is -0.505 e. The Morgan fingerprint density at radius 2 is 1.78 bits per heavy atom. The smallest absolute Gasteiger partial charge is 0.260 e. The Balaban J connectivity index is 1.58. The van der Waals surface area contributed by atoms with Crippen molar-refractivity contribution in [3.05, 3.63) is 47.3 Å². The van der Waals surface area contributed by atoms with Crippen LogP contribution in [-0.4, -0.2) is 42.9 Å². The average Bonchev–Trinajstić information content (AvgIpc) is 3.24. The summed E-state index contributed by atoms with van der Waals surface area (Å²) < 4.78 is 10.6. The van der Waals surface area contributed by atoms with Gasteiger partial charge in [-0.15, -0.1) is 0 Å². The second kappa shape index (κ2) is 5.45. The lowest BCUT2D eigenvalue weighted by Gasteiger charge is -2.21. The summed E-state index contributed by atoms with van der Waals surface area (Å²) in [6.07, 6.45) is 1.26. The third kappa shape index (κ3) is 2.12. The van der Waals surface area contributed by atoms with Crippen molar-refractivity contribution in [2.45, 2.75) is 12.8 Å². The van der Waals surface area contributed by atoms with Crippen LogP contribution in [0.1, 0.15) is 27.7 Å². The molecular formula is C18H13N3O6. The number of hydrogen-bond acceptors (Lipinski definition) is 8. The van der Waals surface area contributed by atoms with Gasteiger partial charge in [0.05, 0.1) is 11.1 Å². The fourth-order valence-electron chi connectivity index (χ4n) is 3.45. The number of amides is 1. The van der Waals surface area contributed by atoms with E-state index in [-0.39, 0.29) is 41.2 Å². The minimum absolute atomic E-state index is 0.000713. The van der Waals surface area contributed by atoms with Crippen LogP contribution < -0.4 is 9.47 Å². The van der Waals surface area contributed by atoms with E-state index in [1.807, 2.05) is 0 Å². The van der Waals surface area contributed by atoms with Gasteiger partial charge in [0.1, 0.15) is 11.0 Å². The van der Waals surface area contributed by atoms with Gasteiger partial charge in [-0.2, -0.15) is 0 Å². The number of phenolic OH excluding ortho intramolecular Hbond substituents is 2. The van der Waals surface area contributed by atoms with Crippen LogP contribution in [0.3, 0.4) is 0 Å². The Hall–Kier alpha value is -3.59. The summed E-state index contributed by atoms with van der Waals surface area (Å²) in [7, 11) is 0. The fraction of sp³-hybridized carbons (Fsp3) is 0.167. The van der Waals surface area contributed by atoms with E-state index in [9.17, 15) is 20.1 Å². The molecule has 1 aromatic heterocycles. The van der Waals surface area contributed by atoms with E-state index < -0.39 is 17.9 Å². The molecule has 136 valence electrons. The number of carbonyl (C=O) groups is 1. The lowest BCUT2D eigenvalue weighted by atomic mass is 10.0. The predicted molar refractivity (Wildman–Crippen MR) is 90.3 cm³/mol. The normalized spacial score (nSPS) is 17.6. The molecule has 3 aromatic rings. The summed E-state index contributed by atoms with van der Waals surface area (Å²) in [6, 6.07) is 5.18. The van der Waals surface area contributed by atoms with Gasteiger partial charge in [0.25, 0.3) is 5.91 Å². The molecule has 9 heteroatoms. The number of aliphatic hydroxyl groups is 1.